The number of methoxy groups -OCH3 is 1. The average molecular weight is 236 g/mol. The van der Waals surface area contributed by atoms with E-state index >= 15 is 0 Å². The summed E-state index contributed by atoms with van der Waals surface area (Å²) >= 11 is 0. The number of anilines is 1. The molecule has 0 spiro atoms. The van der Waals surface area contributed by atoms with Crippen LogP contribution in [0.2, 0.25) is 0 Å². The summed E-state index contributed by atoms with van der Waals surface area (Å²) in [5.41, 5.74) is 6.25. The maximum absolute atomic E-state index is 5.85. The molecule has 0 amide bonds. The van der Waals surface area contributed by atoms with Gasteiger partial charge in [-0.1, -0.05) is 6.92 Å². The highest BCUT2D eigenvalue weighted by molar-refractivity contribution is 5.49. The van der Waals surface area contributed by atoms with Crippen LogP contribution in [0.15, 0.2) is 12.1 Å². The van der Waals surface area contributed by atoms with Crippen molar-refractivity contribution >= 4 is 5.69 Å². The van der Waals surface area contributed by atoms with Gasteiger partial charge in [-0.2, -0.15) is 4.98 Å². The maximum Gasteiger partial charge on any atom is 0.240 e. The molecular weight excluding hydrogens is 216 g/mol. The molecule has 0 unspecified atom stereocenters. The third kappa shape index (κ3) is 3.02. The zero-order chi connectivity index (χ0) is 12.3. The molecule has 17 heavy (non-hydrogen) atoms. The molecular formula is C13H20N2O2. The molecule has 2 N–H and O–H groups in total. The minimum absolute atomic E-state index is 0.284. The molecule has 1 fully saturated rings. The molecule has 1 saturated carbocycles. The van der Waals surface area contributed by atoms with E-state index in [-0.39, 0.29) is 6.10 Å². The molecule has 1 aromatic rings. The van der Waals surface area contributed by atoms with Crippen molar-refractivity contribution < 1.29 is 9.47 Å². The Bertz CT molecular complexity index is 374. The van der Waals surface area contributed by atoms with Crippen LogP contribution in [0.3, 0.4) is 0 Å². The lowest BCUT2D eigenvalue weighted by atomic mass is 9.89. The zero-order valence-electron chi connectivity index (χ0n) is 10.5. The van der Waals surface area contributed by atoms with Gasteiger partial charge in [0.25, 0.3) is 0 Å². The monoisotopic (exact) mass is 236 g/mol. The predicted octanol–water partition coefficient (Wildman–Crippen LogP) is 2.63. The van der Waals surface area contributed by atoms with Gasteiger partial charge in [0.2, 0.25) is 11.8 Å². The van der Waals surface area contributed by atoms with Crippen LogP contribution in [0.5, 0.6) is 11.8 Å². The summed E-state index contributed by atoms with van der Waals surface area (Å²) in [5, 5.41) is 0. The van der Waals surface area contributed by atoms with Crippen LogP contribution < -0.4 is 15.2 Å². The Balaban J connectivity index is 1.99. The minimum atomic E-state index is 0.284. The number of nitrogens with zero attached hydrogens (tertiary/aromatic N) is 1. The van der Waals surface area contributed by atoms with E-state index in [2.05, 4.69) is 11.9 Å². The summed E-state index contributed by atoms with van der Waals surface area (Å²) in [5.74, 6) is 1.87. The van der Waals surface area contributed by atoms with Gasteiger partial charge in [0.05, 0.1) is 12.8 Å². The van der Waals surface area contributed by atoms with Crippen molar-refractivity contribution in [1.82, 2.24) is 4.98 Å². The van der Waals surface area contributed by atoms with Gasteiger partial charge in [-0.3, -0.25) is 0 Å². The number of hydrogen-bond donors (Lipinski definition) is 1. The van der Waals surface area contributed by atoms with Gasteiger partial charge in [0.15, 0.2) is 0 Å². The van der Waals surface area contributed by atoms with Gasteiger partial charge in [-0.15, -0.1) is 0 Å². The molecule has 4 nitrogen and oxygen atoms in total. The molecule has 0 aliphatic heterocycles. The van der Waals surface area contributed by atoms with Crippen LogP contribution in [0.1, 0.15) is 32.6 Å². The number of nitrogen functional groups attached to an aromatic ring is 1. The largest absolute Gasteiger partial charge is 0.479 e. The molecule has 2 rings (SSSR count). The molecule has 1 aliphatic rings. The van der Waals surface area contributed by atoms with Crippen LogP contribution in [0.25, 0.3) is 0 Å². The number of rotatable bonds is 3. The summed E-state index contributed by atoms with van der Waals surface area (Å²) in [6, 6.07) is 3.57. The molecule has 1 heterocycles. The molecule has 1 aromatic heterocycles. The molecule has 0 bridgehead atoms. The van der Waals surface area contributed by atoms with E-state index in [4.69, 9.17) is 15.2 Å². The first-order valence-corrected chi connectivity index (χ1v) is 6.16. The van der Waals surface area contributed by atoms with E-state index in [1.54, 1.807) is 19.2 Å². The fourth-order valence-electron chi connectivity index (χ4n) is 2.18. The van der Waals surface area contributed by atoms with Crippen molar-refractivity contribution in [1.29, 1.82) is 0 Å². The molecule has 0 saturated heterocycles. The van der Waals surface area contributed by atoms with Crippen molar-refractivity contribution in [2.45, 2.75) is 38.7 Å². The SMILES string of the molecule is COc1nc(OC2CCC(C)CC2)ccc1N. The number of pyridine rings is 1. The Morgan fingerprint density at radius 1 is 1.24 bits per heavy atom. The van der Waals surface area contributed by atoms with E-state index in [1.165, 1.54) is 12.8 Å². The summed E-state index contributed by atoms with van der Waals surface area (Å²) < 4.78 is 10.9. The summed E-state index contributed by atoms with van der Waals surface area (Å²) in [6.45, 7) is 2.29. The molecule has 94 valence electrons. The summed E-state index contributed by atoms with van der Waals surface area (Å²) in [7, 11) is 1.56. The van der Waals surface area contributed by atoms with E-state index in [0.29, 0.717) is 17.4 Å². The number of nitrogens with two attached hydrogens (primary N) is 1. The quantitative estimate of drug-likeness (QED) is 0.876. The van der Waals surface area contributed by atoms with Crippen molar-refractivity contribution in [3.63, 3.8) is 0 Å². The predicted molar refractivity (Wildman–Crippen MR) is 67.2 cm³/mol. The lowest BCUT2D eigenvalue weighted by molar-refractivity contribution is 0.129. The van der Waals surface area contributed by atoms with E-state index in [0.717, 1.165) is 18.8 Å². The second-order valence-electron chi connectivity index (χ2n) is 4.75. The first-order chi connectivity index (χ1) is 8.19. The first-order valence-electron chi connectivity index (χ1n) is 6.16. The Morgan fingerprint density at radius 3 is 2.59 bits per heavy atom. The molecule has 0 atom stereocenters. The Hall–Kier alpha value is -1.45. The van der Waals surface area contributed by atoms with Gasteiger partial charge >= 0.3 is 0 Å². The Kier molecular flexibility index (Phi) is 3.71. The van der Waals surface area contributed by atoms with Crippen molar-refractivity contribution in [3.05, 3.63) is 12.1 Å². The summed E-state index contributed by atoms with van der Waals surface area (Å²) in [4.78, 5) is 4.23. The van der Waals surface area contributed by atoms with Crippen LogP contribution in [-0.2, 0) is 0 Å². The lowest BCUT2D eigenvalue weighted by Crippen LogP contribution is -2.23. The second kappa shape index (κ2) is 5.25. The summed E-state index contributed by atoms with van der Waals surface area (Å²) in [6.07, 6.45) is 4.96. The van der Waals surface area contributed by atoms with Crippen LogP contribution in [0, 0.1) is 5.92 Å². The number of ether oxygens (including phenoxy) is 2. The van der Waals surface area contributed by atoms with Gasteiger partial charge in [0.1, 0.15) is 6.10 Å². The topological polar surface area (TPSA) is 57.4 Å². The van der Waals surface area contributed by atoms with Gasteiger partial charge in [-0.25, -0.2) is 0 Å². The lowest BCUT2D eigenvalue weighted by Gasteiger charge is -2.26. The normalized spacial score (nSPS) is 24.4. The van der Waals surface area contributed by atoms with Crippen LogP contribution in [0.4, 0.5) is 5.69 Å². The molecule has 4 heteroatoms. The van der Waals surface area contributed by atoms with Crippen LogP contribution in [-0.4, -0.2) is 18.2 Å². The number of hydrogen-bond acceptors (Lipinski definition) is 4. The highest BCUT2D eigenvalue weighted by atomic mass is 16.5. The van der Waals surface area contributed by atoms with Gasteiger partial charge < -0.3 is 15.2 Å². The maximum atomic E-state index is 5.85. The van der Waals surface area contributed by atoms with E-state index in [1.807, 2.05) is 0 Å². The third-order valence-electron chi connectivity index (χ3n) is 3.31. The van der Waals surface area contributed by atoms with Crippen molar-refractivity contribution in [2.75, 3.05) is 12.8 Å². The minimum Gasteiger partial charge on any atom is -0.479 e. The second-order valence-corrected chi connectivity index (χ2v) is 4.75. The van der Waals surface area contributed by atoms with Gasteiger partial charge in [-0.05, 0) is 37.7 Å². The highest BCUT2D eigenvalue weighted by Crippen LogP contribution is 2.28. The Labute approximate surface area is 102 Å². The Morgan fingerprint density at radius 2 is 1.94 bits per heavy atom. The van der Waals surface area contributed by atoms with Crippen molar-refractivity contribution in [2.24, 2.45) is 5.92 Å². The van der Waals surface area contributed by atoms with E-state index in [9.17, 15) is 0 Å². The smallest absolute Gasteiger partial charge is 0.240 e. The zero-order valence-corrected chi connectivity index (χ0v) is 10.5. The first kappa shape index (κ1) is 12.0. The molecule has 0 radical (unpaired) electrons. The van der Waals surface area contributed by atoms with Gasteiger partial charge in [0, 0.05) is 6.07 Å². The molecule has 1 aliphatic carbocycles. The average Bonchev–Trinajstić information content (AvgIpc) is 2.34. The fraction of sp³-hybridized carbons (Fsp3) is 0.615. The molecule has 0 aromatic carbocycles. The van der Waals surface area contributed by atoms with Crippen LogP contribution >= 0.6 is 0 Å². The van der Waals surface area contributed by atoms with Crippen molar-refractivity contribution in [3.8, 4) is 11.8 Å². The third-order valence-corrected chi connectivity index (χ3v) is 3.31. The van der Waals surface area contributed by atoms with E-state index < -0.39 is 0 Å². The highest BCUT2D eigenvalue weighted by Gasteiger charge is 2.20. The fourth-order valence-corrected chi connectivity index (χ4v) is 2.18. The number of aromatic nitrogens is 1. The standard InChI is InChI=1S/C13H20N2O2/c1-9-3-5-10(6-4-9)17-12-8-7-11(14)13(15-12)16-2/h7-10H,3-6,14H2,1-2H3.